The summed E-state index contributed by atoms with van der Waals surface area (Å²) in [6, 6.07) is 0. The fourth-order valence-electron chi connectivity index (χ4n) is 2.25. The molecule has 1 aromatic heterocycles. The van der Waals surface area contributed by atoms with Crippen molar-refractivity contribution in [3.8, 4) is 0 Å². The van der Waals surface area contributed by atoms with E-state index in [1.165, 1.54) is 18.7 Å². The third-order valence-corrected chi connectivity index (χ3v) is 3.42. The lowest BCUT2D eigenvalue weighted by atomic mass is 10.2. The van der Waals surface area contributed by atoms with E-state index in [-0.39, 0.29) is 30.8 Å². The van der Waals surface area contributed by atoms with Gasteiger partial charge >= 0.3 is 0 Å². The molecule has 2 N–H and O–H groups in total. The first-order valence-corrected chi connectivity index (χ1v) is 7.28. The minimum Gasteiger partial charge on any atom is -0.394 e. The number of amides is 1. The predicted octanol–water partition coefficient (Wildman–Crippen LogP) is 1.59. The molecule has 0 fully saturated rings. The van der Waals surface area contributed by atoms with Crippen LogP contribution in [0.15, 0.2) is 40.8 Å². The zero-order valence-electron chi connectivity index (χ0n) is 13.9. The molecule has 132 valence electrons. The van der Waals surface area contributed by atoms with Crippen LogP contribution in [-0.2, 0) is 13.1 Å². The van der Waals surface area contributed by atoms with E-state index >= 15 is 0 Å². The molecule has 1 rings (SSSR count). The van der Waals surface area contributed by atoms with Gasteiger partial charge in [0.15, 0.2) is 11.7 Å². The molecular formula is C16H21F2N3O3. The highest BCUT2D eigenvalue weighted by atomic mass is 19.2. The average Bonchev–Trinajstić information content (AvgIpc) is 2.77. The molecule has 0 atom stereocenters. The first kappa shape index (κ1) is 19.6. The van der Waals surface area contributed by atoms with E-state index in [9.17, 15) is 18.4 Å². The zero-order valence-corrected chi connectivity index (χ0v) is 13.9. The number of nitrogens with zero attached hydrogens (tertiary/aromatic N) is 2. The molecule has 0 aromatic carbocycles. The molecule has 1 heterocycles. The maximum absolute atomic E-state index is 13.5. The van der Waals surface area contributed by atoms with Gasteiger partial charge in [-0.1, -0.05) is 6.58 Å². The molecule has 1 aromatic rings. The van der Waals surface area contributed by atoms with Crippen LogP contribution in [0.2, 0.25) is 0 Å². The zero-order chi connectivity index (χ0) is 18.4. The summed E-state index contributed by atoms with van der Waals surface area (Å²) in [7, 11) is 1.39. The summed E-state index contributed by atoms with van der Waals surface area (Å²) >= 11 is 0. The van der Waals surface area contributed by atoms with Gasteiger partial charge in [0, 0.05) is 7.05 Å². The normalized spacial score (nSPS) is 12.4. The minimum absolute atomic E-state index is 0.0668. The Morgan fingerprint density at radius 1 is 1.33 bits per heavy atom. The summed E-state index contributed by atoms with van der Waals surface area (Å²) in [5.41, 5.74) is -0.165. The van der Waals surface area contributed by atoms with Gasteiger partial charge < -0.3 is 10.4 Å². The highest BCUT2D eigenvalue weighted by Crippen LogP contribution is 2.16. The standard InChI is InChI=1S/C16H21F2N3O3/c1-5-12(17)13(18)8-10(2)9-21-16(24)14(15(23)19-4)11(3)20(21)6-7-22/h5,8,22H,2,6-7,9H2,1,3-4H3,(H,19,23)/b12-5+,13-8+. The van der Waals surface area contributed by atoms with Gasteiger partial charge in [0.25, 0.3) is 11.5 Å². The molecule has 0 radical (unpaired) electrons. The lowest BCUT2D eigenvalue weighted by Gasteiger charge is -2.12. The van der Waals surface area contributed by atoms with Crippen LogP contribution in [0.5, 0.6) is 0 Å². The van der Waals surface area contributed by atoms with Gasteiger partial charge in [-0.25, -0.2) is 13.5 Å². The van der Waals surface area contributed by atoms with E-state index in [2.05, 4.69) is 11.9 Å². The van der Waals surface area contributed by atoms with Crippen molar-refractivity contribution in [1.29, 1.82) is 0 Å². The Morgan fingerprint density at radius 3 is 2.46 bits per heavy atom. The summed E-state index contributed by atoms with van der Waals surface area (Å²) in [4.78, 5) is 24.3. The van der Waals surface area contributed by atoms with Gasteiger partial charge in [-0.3, -0.25) is 14.3 Å². The van der Waals surface area contributed by atoms with Crippen molar-refractivity contribution in [2.24, 2.45) is 0 Å². The van der Waals surface area contributed by atoms with Crippen LogP contribution in [0.3, 0.4) is 0 Å². The van der Waals surface area contributed by atoms with E-state index in [1.54, 1.807) is 6.92 Å². The van der Waals surface area contributed by atoms with Crippen LogP contribution >= 0.6 is 0 Å². The van der Waals surface area contributed by atoms with E-state index in [0.29, 0.717) is 5.69 Å². The highest BCUT2D eigenvalue weighted by molar-refractivity contribution is 5.94. The maximum atomic E-state index is 13.5. The van der Waals surface area contributed by atoms with Crippen molar-refractivity contribution in [1.82, 2.24) is 14.7 Å². The molecule has 0 unspecified atom stereocenters. The largest absolute Gasteiger partial charge is 0.394 e. The fraction of sp³-hybridized carbons (Fsp3) is 0.375. The molecule has 8 heteroatoms. The highest BCUT2D eigenvalue weighted by Gasteiger charge is 2.22. The van der Waals surface area contributed by atoms with E-state index in [1.807, 2.05) is 0 Å². The summed E-state index contributed by atoms with van der Waals surface area (Å²) in [6.07, 6.45) is 1.85. The van der Waals surface area contributed by atoms with Gasteiger partial charge in [0.2, 0.25) is 0 Å². The SMILES string of the molecule is C=C(/C=C(F)\C(F)=C/C)Cn1c(=O)c(C(=O)NC)c(C)n1CCO. The van der Waals surface area contributed by atoms with Gasteiger partial charge in [-0.2, -0.15) is 0 Å². The number of carbonyl (C=O) groups excluding carboxylic acids is 1. The molecule has 0 spiro atoms. The Morgan fingerprint density at radius 2 is 1.96 bits per heavy atom. The van der Waals surface area contributed by atoms with Crippen LogP contribution in [-0.4, -0.2) is 34.0 Å². The lowest BCUT2D eigenvalue weighted by Crippen LogP contribution is -2.29. The second-order valence-electron chi connectivity index (χ2n) is 5.04. The number of allylic oxidation sites excluding steroid dienone is 5. The van der Waals surface area contributed by atoms with Crippen LogP contribution in [0.25, 0.3) is 0 Å². The maximum Gasteiger partial charge on any atom is 0.280 e. The van der Waals surface area contributed by atoms with Gasteiger partial charge in [-0.15, -0.1) is 0 Å². The van der Waals surface area contributed by atoms with E-state index < -0.39 is 23.1 Å². The molecule has 0 saturated carbocycles. The van der Waals surface area contributed by atoms with Gasteiger partial charge in [0.1, 0.15) is 5.56 Å². The molecule has 24 heavy (non-hydrogen) atoms. The summed E-state index contributed by atoms with van der Waals surface area (Å²) in [6.45, 7) is 6.18. The predicted molar refractivity (Wildman–Crippen MR) is 87.1 cm³/mol. The van der Waals surface area contributed by atoms with Crippen molar-refractivity contribution in [3.63, 3.8) is 0 Å². The number of aromatic nitrogens is 2. The van der Waals surface area contributed by atoms with Crippen molar-refractivity contribution in [2.45, 2.75) is 26.9 Å². The fourth-order valence-corrected chi connectivity index (χ4v) is 2.25. The Hall–Kier alpha value is -2.48. The second kappa shape index (κ2) is 8.39. The van der Waals surface area contributed by atoms with Crippen LogP contribution in [0, 0.1) is 6.92 Å². The first-order valence-electron chi connectivity index (χ1n) is 7.28. The number of nitrogens with one attached hydrogen (secondary N) is 1. The van der Waals surface area contributed by atoms with E-state index in [4.69, 9.17) is 5.11 Å². The molecule has 1 amide bonds. The Kier molecular flexibility index (Phi) is 6.84. The molecule has 6 nitrogen and oxygen atoms in total. The smallest absolute Gasteiger partial charge is 0.280 e. The third-order valence-electron chi connectivity index (χ3n) is 3.42. The number of halogens is 2. The number of hydrogen-bond donors (Lipinski definition) is 2. The molecule has 0 saturated heterocycles. The average molecular weight is 341 g/mol. The minimum atomic E-state index is -1.10. The van der Waals surface area contributed by atoms with Crippen LogP contribution < -0.4 is 10.9 Å². The number of aliphatic hydroxyl groups excluding tert-OH is 1. The molecule has 0 aliphatic carbocycles. The summed E-state index contributed by atoms with van der Waals surface area (Å²) < 4.78 is 29.2. The summed E-state index contributed by atoms with van der Waals surface area (Å²) in [5.74, 6) is -2.69. The Labute approximate surface area is 138 Å². The molecular weight excluding hydrogens is 320 g/mol. The van der Waals surface area contributed by atoms with E-state index in [0.717, 1.165) is 16.8 Å². The molecule has 0 aliphatic rings. The quantitative estimate of drug-likeness (QED) is 0.740. The lowest BCUT2D eigenvalue weighted by molar-refractivity contribution is 0.0961. The van der Waals surface area contributed by atoms with Crippen LogP contribution in [0.4, 0.5) is 8.78 Å². The Bertz CT molecular complexity index is 757. The number of rotatable bonds is 7. The van der Waals surface area contributed by atoms with Crippen molar-refractivity contribution < 1.29 is 18.7 Å². The third kappa shape index (κ3) is 4.08. The molecule has 0 aliphatic heterocycles. The Balaban J connectivity index is 3.31. The number of carbonyl (C=O) groups is 1. The second-order valence-corrected chi connectivity index (χ2v) is 5.04. The number of aliphatic hydroxyl groups is 1. The van der Waals surface area contributed by atoms with Crippen molar-refractivity contribution in [3.05, 3.63) is 57.6 Å². The molecule has 0 bridgehead atoms. The van der Waals surface area contributed by atoms with Crippen LogP contribution in [0.1, 0.15) is 23.0 Å². The van der Waals surface area contributed by atoms with Gasteiger partial charge in [-0.05, 0) is 31.6 Å². The van der Waals surface area contributed by atoms with Crippen molar-refractivity contribution >= 4 is 5.91 Å². The number of hydrogen-bond acceptors (Lipinski definition) is 3. The monoisotopic (exact) mass is 341 g/mol. The van der Waals surface area contributed by atoms with Gasteiger partial charge in [0.05, 0.1) is 25.4 Å². The summed E-state index contributed by atoms with van der Waals surface area (Å²) in [5, 5.41) is 11.5. The first-order chi connectivity index (χ1) is 11.3. The topological polar surface area (TPSA) is 76.3 Å². The van der Waals surface area contributed by atoms with Crippen molar-refractivity contribution in [2.75, 3.05) is 13.7 Å².